The molecule has 8 nitrogen and oxygen atoms in total. The number of benzene rings is 3. The topological polar surface area (TPSA) is 86.1 Å². The maximum atomic E-state index is 14.7. The predicted molar refractivity (Wildman–Crippen MR) is 180 cm³/mol. The van der Waals surface area contributed by atoms with Crippen molar-refractivity contribution in [3.8, 4) is 17.0 Å². The van der Waals surface area contributed by atoms with Crippen LogP contribution in [0.2, 0.25) is 0 Å². The van der Waals surface area contributed by atoms with Crippen molar-refractivity contribution in [2.75, 3.05) is 11.9 Å². The van der Waals surface area contributed by atoms with Gasteiger partial charge in [0.25, 0.3) is 11.8 Å². The summed E-state index contributed by atoms with van der Waals surface area (Å²) >= 11 is 0. The van der Waals surface area contributed by atoms with Crippen LogP contribution in [-0.2, 0) is 43.8 Å². The fourth-order valence-corrected chi connectivity index (χ4v) is 7.75. The van der Waals surface area contributed by atoms with Crippen molar-refractivity contribution in [1.82, 2.24) is 14.4 Å². The summed E-state index contributed by atoms with van der Waals surface area (Å²) in [5.74, 6) is 0.357. The lowest BCUT2D eigenvalue weighted by molar-refractivity contribution is -0.133. The summed E-state index contributed by atoms with van der Waals surface area (Å²) < 4.78 is 2.25. The van der Waals surface area contributed by atoms with Crippen molar-refractivity contribution in [3.05, 3.63) is 106 Å². The zero-order valence-corrected chi connectivity index (χ0v) is 27.0. The lowest BCUT2D eigenvalue weighted by atomic mass is 9.92. The van der Waals surface area contributed by atoms with Crippen LogP contribution in [0.25, 0.3) is 11.3 Å². The Morgan fingerprint density at radius 2 is 1.55 bits per heavy atom. The smallest absolute Gasteiger partial charge is 0.259 e. The number of aromatic nitrogens is 1. The number of phenols is 1. The van der Waals surface area contributed by atoms with Gasteiger partial charge in [-0.15, -0.1) is 0 Å². The van der Waals surface area contributed by atoms with E-state index in [2.05, 4.69) is 35.8 Å². The van der Waals surface area contributed by atoms with E-state index >= 15 is 0 Å². The number of amides is 3. The third kappa shape index (κ3) is 5.20. The molecule has 47 heavy (non-hydrogen) atoms. The van der Waals surface area contributed by atoms with Crippen LogP contribution in [-0.4, -0.2) is 50.3 Å². The van der Waals surface area contributed by atoms with Crippen LogP contribution in [0.1, 0.15) is 81.3 Å². The first-order valence-electron chi connectivity index (χ1n) is 16.9. The monoisotopic (exact) mass is 628 g/mol. The van der Waals surface area contributed by atoms with Crippen LogP contribution < -0.4 is 4.90 Å². The maximum absolute atomic E-state index is 14.7. The average Bonchev–Trinajstić information content (AvgIpc) is 3.75. The highest BCUT2D eigenvalue weighted by molar-refractivity contribution is 6.08. The Hall–Kier alpha value is -4.85. The van der Waals surface area contributed by atoms with Crippen LogP contribution in [0, 0.1) is 5.92 Å². The van der Waals surface area contributed by atoms with Gasteiger partial charge in [0.2, 0.25) is 5.91 Å². The Bertz CT molecular complexity index is 1920. The summed E-state index contributed by atoms with van der Waals surface area (Å²) in [6, 6.07) is 21.2. The van der Waals surface area contributed by atoms with Crippen molar-refractivity contribution in [2.45, 2.75) is 77.7 Å². The molecule has 0 spiro atoms. The predicted octanol–water partition coefficient (Wildman–Crippen LogP) is 6.31. The number of nitrogens with zero attached hydrogens (tertiary/aromatic N) is 4. The van der Waals surface area contributed by atoms with Gasteiger partial charge in [-0.25, -0.2) is 0 Å². The van der Waals surface area contributed by atoms with Crippen molar-refractivity contribution in [2.24, 2.45) is 5.92 Å². The number of aromatic hydroxyl groups is 1. The van der Waals surface area contributed by atoms with Crippen molar-refractivity contribution < 1.29 is 19.5 Å². The SMILES string of the molecule is C[C@@H]1Cc2ccccc2CN1C(=O)c1cc2c(cc1-c1cc(C(=O)N(C)c3ccc(O)cc3)c3n1CCCC3)CN(C(=O)C1CC1)C2. The summed E-state index contributed by atoms with van der Waals surface area (Å²) in [6.07, 6.45) is 5.48. The second-order valence-electron chi connectivity index (χ2n) is 13.8. The molecule has 0 saturated heterocycles. The molecule has 4 heterocycles. The van der Waals surface area contributed by atoms with Crippen LogP contribution in [0.5, 0.6) is 5.75 Å². The Labute approximate surface area is 275 Å². The zero-order chi connectivity index (χ0) is 32.4. The number of phenolic OH excluding ortho intramolecular Hbond substituents is 1. The first-order chi connectivity index (χ1) is 22.8. The second-order valence-corrected chi connectivity index (χ2v) is 13.8. The van der Waals surface area contributed by atoms with Gasteiger partial charge < -0.3 is 24.4 Å². The number of rotatable bonds is 5. The third-order valence-electron chi connectivity index (χ3n) is 10.6. The molecule has 3 amide bonds. The van der Waals surface area contributed by atoms with Gasteiger partial charge in [-0.05, 0) is 110 Å². The molecule has 8 heteroatoms. The second kappa shape index (κ2) is 11.4. The van der Waals surface area contributed by atoms with Crippen LogP contribution in [0.4, 0.5) is 5.69 Å². The first-order valence-corrected chi connectivity index (χ1v) is 16.9. The van der Waals surface area contributed by atoms with Crippen LogP contribution in [0.3, 0.4) is 0 Å². The number of hydrogen-bond acceptors (Lipinski definition) is 4. The van der Waals surface area contributed by atoms with E-state index in [9.17, 15) is 19.5 Å². The highest BCUT2D eigenvalue weighted by Gasteiger charge is 2.38. The van der Waals surface area contributed by atoms with Gasteiger partial charge in [0.05, 0.1) is 5.56 Å². The Kier molecular flexibility index (Phi) is 7.19. The number of carbonyl (C=O) groups is 3. The normalized spacial score (nSPS) is 18.4. The van der Waals surface area contributed by atoms with Crippen molar-refractivity contribution in [3.63, 3.8) is 0 Å². The zero-order valence-electron chi connectivity index (χ0n) is 27.0. The highest BCUT2D eigenvalue weighted by atomic mass is 16.3. The summed E-state index contributed by atoms with van der Waals surface area (Å²) in [5, 5.41) is 9.80. The lowest BCUT2D eigenvalue weighted by Crippen LogP contribution is -2.42. The molecule has 0 unspecified atom stereocenters. The van der Waals surface area contributed by atoms with E-state index in [1.807, 2.05) is 28.0 Å². The molecule has 240 valence electrons. The van der Waals surface area contributed by atoms with E-state index in [1.54, 1.807) is 36.2 Å². The van der Waals surface area contributed by atoms with Crippen molar-refractivity contribution >= 4 is 23.4 Å². The Morgan fingerprint density at radius 3 is 2.30 bits per heavy atom. The summed E-state index contributed by atoms with van der Waals surface area (Å²) in [6.45, 7) is 4.50. The summed E-state index contributed by atoms with van der Waals surface area (Å²) in [4.78, 5) is 47.5. The van der Waals surface area contributed by atoms with E-state index < -0.39 is 0 Å². The third-order valence-corrected chi connectivity index (χ3v) is 10.6. The quantitative estimate of drug-likeness (QED) is 0.281. The van der Waals surface area contributed by atoms with Gasteiger partial charge in [0.1, 0.15) is 5.75 Å². The van der Waals surface area contributed by atoms with Crippen LogP contribution in [0.15, 0.2) is 66.7 Å². The van der Waals surface area contributed by atoms with E-state index in [0.29, 0.717) is 36.4 Å². The number of carbonyl (C=O) groups excluding carboxylic acids is 3. The Balaban J connectivity index is 1.23. The standard InChI is InChI=1S/C39H40N4O4/c1-24-17-26-7-3-4-8-27(26)23-43(24)39(47)33-19-29-22-41(37(45)25-10-11-25)21-28(29)18-32(33)36-20-34(35-9-5-6-16-42(35)36)38(46)40(2)30-12-14-31(44)15-13-30/h3-4,7-8,12-15,18-20,24-25,44H,5-6,9-11,16-17,21-23H2,1-2H3/t24-/m1/s1. The number of anilines is 1. The van der Waals surface area contributed by atoms with E-state index in [4.69, 9.17) is 0 Å². The van der Waals surface area contributed by atoms with Crippen molar-refractivity contribution in [1.29, 1.82) is 0 Å². The van der Waals surface area contributed by atoms with Gasteiger partial charge in [-0.1, -0.05) is 24.3 Å². The molecular formula is C39H40N4O4. The van der Waals surface area contributed by atoms with E-state index in [1.165, 1.54) is 11.1 Å². The van der Waals surface area contributed by atoms with Crippen LogP contribution >= 0.6 is 0 Å². The molecule has 0 radical (unpaired) electrons. The fraction of sp³-hybridized carbons (Fsp3) is 0.359. The van der Waals surface area contributed by atoms with Gasteiger partial charge in [-0.3, -0.25) is 14.4 Å². The number of fused-ring (bicyclic) bond motifs is 3. The van der Waals surface area contributed by atoms with E-state index in [0.717, 1.165) is 73.1 Å². The lowest BCUT2D eigenvalue weighted by Gasteiger charge is -2.35. The fourth-order valence-electron chi connectivity index (χ4n) is 7.75. The minimum Gasteiger partial charge on any atom is -0.508 e. The minimum absolute atomic E-state index is 0.0165. The average molecular weight is 629 g/mol. The molecule has 1 N–H and O–H groups in total. The molecule has 3 aromatic carbocycles. The number of hydrogen-bond donors (Lipinski definition) is 1. The van der Waals surface area contributed by atoms with Gasteiger partial charge in [0, 0.05) is 73.4 Å². The highest BCUT2D eigenvalue weighted by Crippen LogP contribution is 2.40. The largest absolute Gasteiger partial charge is 0.508 e. The summed E-state index contributed by atoms with van der Waals surface area (Å²) in [5.41, 5.74) is 9.23. The molecular weight excluding hydrogens is 588 g/mol. The molecule has 1 fully saturated rings. The molecule has 1 aromatic heterocycles. The molecule has 1 atom stereocenters. The van der Waals surface area contributed by atoms with Gasteiger partial charge in [0.15, 0.2) is 0 Å². The molecule has 1 aliphatic carbocycles. The van der Waals surface area contributed by atoms with Gasteiger partial charge >= 0.3 is 0 Å². The Morgan fingerprint density at radius 1 is 0.830 bits per heavy atom. The molecule has 4 aromatic rings. The molecule has 4 aliphatic rings. The summed E-state index contributed by atoms with van der Waals surface area (Å²) in [7, 11) is 1.76. The van der Waals surface area contributed by atoms with Gasteiger partial charge in [-0.2, -0.15) is 0 Å². The first kappa shape index (κ1) is 29.5. The molecule has 3 aliphatic heterocycles. The molecule has 1 saturated carbocycles. The molecule has 8 rings (SSSR count). The maximum Gasteiger partial charge on any atom is 0.259 e. The molecule has 0 bridgehead atoms. The minimum atomic E-state index is -0.121. The van der Waals surface area contributed by atoms with E-state index in [-0.39, 0.29) is 35.4 Å².